The number of methoxy groups -OCH3 is 1. The fourth-order valence-corrected chi connectivity index (χ4v) is 3.64. The highest BCUT2D eigenvalue weighted by atomic mass is 16.5. The van der Waals surface area contributed by atoms with Gasteiger partial charge in [0, 0.05) is 6.54 Å². The van der Waals surface area contributed by atoms with Crippen LogP contribution in [0, 0.1) is 17.2 Å². The van der Waals surface area contributed by atoms with Gasteiger partial charge in [0.25, 0.3) is 0 Å². The van der Waals surface area contributed by atoms with Gasteiger partial charge >= 0.3 is 0 Å². The molecule has 1 atom stereocenters. The summed E-state index contributed by atoms with van der Waals surface area (Å²) in [5, 5.41) is 9.99. The lowest BCUT2D eigenvalue weighted by Gasteiger charge is -2.32. The molecule has 0 bridgehead atoms. The normalized spacial score (nSPS) is 13.4. The van der Waals surface area contributed by atoms with E-state index in [-0.39, 0.29) is 5.92 Å². The standard InChI is InChI=1S/C24H32N2O/c1-20(2)24(19-25,22-11-6-5-7-12-22)15-9-16-26(3)17-14-21-10-8-13-23(18-21)27-4/h5-8,10-13,18,20H,9,14-17H2,1-4H3. The van der Waals surface area contributed by atoms with Crippen molar-refractivity contribution in [1.29, 1.82) is 5.26 Å². The van der Waals surface area contributed by atoms with Crippen molar-refractivity contribution in [2.75, 3.05) is 27.2 Å². The van der Waals surface area contributed by atoms with Crippen LogP contribution in [0.5, 0.6) is 5.75 Å². The summed E-state index contributed by atoms with van der Waals surface area (Å²) >= 11 is 0. The molecule has 0 radical (unpaired) electrons. The van der Waals surface area contributed by atoms with Crippen LogP contribution in [0.1, 0.15) is 37.8 Å². The summed E-state index contributed by atoms with van der Waals surface area (Å²) in [6.07, 6.45) is 2.89. The van der Waals surface area contributed by atoms with Crippen molar-refractivity contribution in [3.05, 3.63) is 65.7 Å². The van der Waals surface area contributed by atoms with Crippen LogP contribution >= 0.6 is 0 Å². The molecule has 0 aromatic heterocycles. The van der Waals surface area contributed by atoms with E-state index >= 15 is 0 Å². The molecule has 0 aliphatic heterocycles. The monoisotopic (exact) mass is 364 g/mol. The van der Waals surface area contributed by atoms with Crippen molar-refractivity contribution in [2.45, 2.75) is 38.5 Å². The van der Waals surface area contributed by atoms with Gasteiger partial charge in [0.05, 0.1) is 18.6 Å². The Balaban J connectivity index is 1.90. The maximum Gasteiger partial charge on any atom is 0.119 e. The molecule has 1 unspecified atom stereocenters. The predicted octanol–water partition coefficient (Wildman–Crippen LogP) is 5.07. The fourth-order valence-electron chi connectivity index (χ4n) is 3.64. The van der Waals surface area contributed by atoms with Gasteiger partial charge in [0.1, 0.15) is 5.75 Å². The summed E-state index contributed by atoms with van der Waals surface area (Å²) in [4.78, 5) is 2.35. The highest BCUT2D eigenvalue weighted by Gasteiger charge is 2.35. The number of benzene rings is 2. The number of hydrogen-bond donors (Lipinski definition) is 0. The number of nitriles is 1. The van der Waals surface area contributed by atoms with Gasteiger partial charge in [-0.1, -0.05) is 56.3 Å². The van der Waals surface area contributed by atoms with Crippen LogP contribution in [0.2, 0.25) is 0 Å². The Morgan fingerprint density at radius 1 is 1.07 bits per heavy atom. The number of ether oxygens (including phenoxy) is 1. The lowest BCUT2D eigenvalue weighted by molar-refractivity contribution is 0.294. The third-order valence-electron chi connectivity index (χ3n) is 5.50. The van der Waals surface area contributed by atoms with E-state index < -0.39 is 5.41 Å². The quantitative estimate of drug-likeness (QED) is 0.591. The Labute approximate surface area is 164 Å². The molecule has 0 N–H and O–H groups in total. The molecule has 0 aliphatic carbocycles. The minimum absolute atomic E-state index is 0.284. The third kappa shape index (κ3) is 5.58. The van der Waals surface area contributed by atoms with Crippen LogP contribution in [-0.4, -0.2) is 32.1 Å². The van der Waals surface area contributed by atoms with Crippen molar-refractivity contribution in [3.63, 3.8) is 0 Å². The Kier molecular flexibility index (Phi) is 7.88. The first-order valence-electron chi connectivity index (χ1n) is 9.80. The Bertz CT molecular complexity index is 736. The van der Waals surface area contributed by atoms with E-state index in [1.165, 1.54) is 5.56 Å². The van der Waals surface area contributed by atoms with E-state index in [0.29, 0.717) is 0 Å². The lowest BCUT2D eigenvalue weighted by atomic mass is 9.70. The van der Waals surface area contributed by atoms with Crippen LogP contribution in [0.15, 0.2) is 54.6 Å². The van der Waals surface area contributed by atoms with Gasteiger partial charge in [-0.3, -0.25) is 0 Å². The first-order chi connectivity index (χ1) is 13.0. The van der Waals surface area contributed by atoms with Crippen molar-refractivity contribution in [3.8, 4) is 11.8 Å². The minimum Gasteiger partial charge on any atom is -0.497 e. The van der Waals surface area contributed by atoms with Gasteiger partial charge < -0.3 is 9.64 Å². The van der Waals surface area contributed by atoms with Gasteiger partial charge in [-0.25, -0.2) is 0 Å². The van der Waals surface area contributed by atoms with Crippen LogP contribution in [-0.2, 0) is 11.8 Å². The maximum absolute atomic E-state index is 9.99. The van der Waals surface area contributed by atoms with E-state index in [4.69, 9.17) is 4.74 Å². The first-order valence-corrected chi connectivity index (χ1v) is 9.80. The second kappa shape index (κ2) is 10.1. The van der Waals surface area contributed by atoms with Gasteiger partial charge in [-0.15, -0.1) is 0 Å². The summed E-state index contributed by atoms with van der Waals surface area (Å²) in [5.41, 5.74) is 2.02. The molecule has 0 saturated carbocycles. The molecule has 3 heteroatoms. The smallest absolute Gasteiger partial charge is 0.119 e. The van der Waals surface area contributed by atoms with Crippen LogP contribution in [0.25, 0.3) is 0 Å². The zero-order chi connectivity index (χ0) is 19.7. The Hall–Kier alpha value is -2.31. The van der Waals surface area contributed by atoms with E-state index in [9.17, 15) is 5.26 Å². The molecule has 2 aromatic rings. The summed E-state index contributed by atoms with van der Waals surface area (Å²) < 4.78 is 5.30. The molecule has 3 nitrogen and oxygen atoms in total. The van der Waals surface area contributed by atoms with Crippen molar-refractivity contribution < 1.29 is 4.74 Å². The average molecular weight is 365 g/mol. The van der Waals surface area contributed by atoms with Crippen molar-refractivity contribution >= 4 is 0 Å². The number of likely N-dealkylation sites (N-methyl/N-ethyl adjacent to an activating group) is 1. The number of rotatable bonds is 10. The number of hydrogen-bond acceptors (Lipinski definition) is 3. The fraction of sp³-hybridized carbons (Fsp3) is 0.458. The zero-order valence-corrected chi connectivity index (χ0v) is 17.1. The first kappa shape index (κ1) is 21.0. The predicted molar refractivity (Wildman–Crippen MR) is 112 cm³/mol. The SMILES string of the molecule is COc1cccc(CCN(C)CCCC(C#N)(c2ccccc2)C(C)C)c1. The topological polar surface area (TPSA) is 36.3 Å². The Morgan fingerprint density at radius 2 is 1.81 bits per heavy atom. The van der Waals surface area contributed by atoms with Crippen molar-refractivity contribution in [2.24, 2.45) is 5.92 Å². The van der Waals surface area contributed by atoms with Crippen LogP contribution in [0.4, 0.5) is 0 Å². The molecule has 0 spiro atoms. The third-order valence-corrected chi connectivity index (χ3v) is 5.50. The van der Waals surface area contributed by atoms with Gasteiger partial charge in [0.2, 0.25) is 0 Å². The average Bonchev–Trinajstić information content (AvgIpc) is 2.70. The van der Waals surface area contributed by atoms with E-state index in [2.05, 4.69) is 56.1 Å². The van der Waals surface area contributed by atoms with Gasteiger partial charge in [0.15, 0.2) is 0 Å². The zero-order valence-electron chi connectivity index (χ0n) is 17.1. The van der Waals surface area contributed by atoms with Crippen molar-refractivity contribution in [1.82, 2.24) is 4.90 Å². The van der Waals surface area contributed by atoms with Crippen LogP contribution < -0.4 is 4.74 Å². The minimum atomic E-state index is -0.408. The summed E-state index contributed by atoms with van der Waals surface area (Å²) in [6, 6.07) is 21.2. The van der Waals surface area contributed by atoms with Gasteiger partial charge in [-0.2, -0.15) is 5.26 Å². The summed E-state index contributed by atoms with van der Waals surface area (Å²) in [5.74, 6) is 1.20. The molecular weight excluding hydrogens is 332 g/mol. The molecule has 0 aliphatic rings. The van der Waals surface area contributed by atoms with E-state index in [1.807, 2.05) is 30.3 Å². The molecule has 144 valence electrons. The Morgan fingerprint density at radius 3 is 2.44 bits per heavy atom. The van der Waals surface area contributed by atoms with Gasteiger partial charge in [-0.05, 0) is 62.0 Å². The lowest BCUT2D eigenvalue weighted by Crippen LogP contribution is -2.32. The highest BCUT2D eigenvalue weighted by Crippen LogP contribution is 2.36. The number of nitrogens with zero attached hydrogens (tertiary/aromatic N) is 2. The molecule has 0 amide bonds. The molecule has 0 saturated heterocycles. The molecule has 27 heavy (non-hydrogen) atoms. The van der Waals surface area contributed by atoms with E-state index in [1.54, 1.807) is 7.11 Å². The summed E-state index contributed by atoms with van der Waals surface area (Å²) in [6.45, 7) is 6.30. The second-order valence-corrected chi connectivity index (χ2v) is 7.61. The molecule has 2 aromatic carbocycles. The molecular formula is C24H32N2O. The second-order valence-electron chi connectivity index (χ2n) is 7.61. The summed E-state index contributed by atoms with van der Waals surface area (Å²) in [7, 11) is 3.86. The van der Waals surface area contributed by atoms with Crippen LogP contribution in [0.3, 0.4) is 0 Å². The molecule has 0 fully saturated rings. The molecule has 0 heterocycles. The van der Waals surface area contributed by atoms with E-state index in [0.717, 1.165) is 43.7 Å². The maximum atomic E-state index is 9.99. The largest absolute Gasteiger partial charge is 0.497 e. The highest BCUT2D eigenvalue weighted by molar-refractivity contribution is 5.33. The molecule has 2 rings (SSSR count).